The first-order chi connectivity index (χ1) is 9.88. The maximum absolute atomic E-state index is 11.8. The summed E-state index contributed by atoms with van der Waals surface area (Å²) >= 11 is 0. The van der Waals surface area contributed by atoms with E-state index in [1.807, 2.05) is 13.0 Å². The molecular weight excluding hydrogens is 262 g/mol. The van der Waals surface area contributed by atoms with E-state index in [9.17, 15) is 4.79 Å². The Morgan fingerprint density at radius 3 is 2.81 bits per heavy atom. The fourth-order valence-corrected chi connectivity index (χ4v) is 2.58. The molecule has 0 aliphatic carbocycles. The number of methoxy groups -OCH3 is 1. The third-order valence-corrected chi connectivity index (χ3v) is 3.82. The minimum atomic E-state index is -0.271. The molecule has 2 rings (SSSR count). The number of esters is 1. The van der Waals surface area contributed by atoms with E-state index in [0.29, 0.717) is 0 Å². The number of carbonyl (C=O) groups is 1. The second-order valence-corrected chi connectivity index (χ2v) is 6.06. The molecule has 1 aromatic carbocycles. The highest BCUT2D eigenvalue weighted by atomic mass is 16.5. The lowest BCUT2D eigenvalue weighted by Crippen LogP contribution is -2.31. The van der Waals surface area contributed by atoms with Crippen molar-refractivity contribution in [2.24, 2.45) is 0 Å². The maximum Gasteiger partial charge on any atom is 0.312 e. The van der Waals surface area contributed by atoms with Crippen molar-refractivity contribution in [1.82, 2.24) is 0 Å². The zero-order valence-electron chi connectivity index (χ0n) is 13.2. The first-order valence-electron chi connectivity index (χ1n) is 7.21. The van der Waals surface area contributed by atoms with Crippen molar-refractivity contribution in [3.63, 3.8) is 0 Å². The van der Waals surface area contributed by atoms with Crippen molar-refractivity contribution in [2.75, 3.05) is 12.4 Å². The van der Waals surface area contributed by atoms with Crippen molar-refractivity contribution in [3.8, 4) is 0 Å². The molecule has 0 saturated heterocycles. The number of allylic oxidation sites excluding steroid dienone is 1. The Hall–Kier alpha value is -2.03. The van der Waals surface area contributed by atoms with Gasteiger partial charge in [-0.25, -0.2) is 0 Å². The first kappa shape index (κ1) is 15.4. The van der Waals surface area contributed by atoms with Crippen LogP contribution >= 0.6 is 0 Å². The lowest BCUT2D eigenvalue weighted by Gasteiger charge is -2.31. The second kappa shape index (κ2) is 5.76. The van der Waals surface area contributed by atoms with Crippen molar-refractivity contribution in [3.05, 3.63) is 47.6 Å². The maximum atomic E-state index is 11.8. The van der Waals surface area contributed by atoms with E-state index in [1.54, 1.807) is 0 Å². The Bertz CT molecular complexity index is 599. The Kier molecular flexibility index (Phi) is 4.21. The van der Waals surface area contributed by atoms with E-state index >= 15 is 0 Å². The van der Waals surface area contributed by atoms with Crippen LogP contribution in [-0.4, -0.2) is 18.6 Å². The van der Waals surface area contributed by atoms with E-state index in [2.05, 4.69) is 50.0 Å². The molecular formula is C18H23NO2. The van der Waals surface area contributed by atoms with Gasteiger partial charge >= 0.3 is 5.97 Å². The molecule has 1 atom stereocenters. The lowest BCUT2D eigenvalue weighted by molar-refractivity contribution is -0.141. The van der Waals surface area contributed by atoms with Crippen LogP contribution in [0.25, 0.3) is 6.08 Å². The summed E-state index contributed by atoms with van der Waals surface area (Å²) in [5.41, 5.74) is 4.30. The molecule has 1 N–H and O–H groups in total. The monoisotopic (exact) mass is 285 g/mol. The fourth-order valence-electron chi connectivity index (χ4n) is 2.58. The molecule has 1 aliphatic heterocycles. The topological polar surface area (TPSA) is 38.3 Å². The molecule has 1 heterocycles. The van der Waals surface area contributed by atoms with E-state index in [-0.39, 0.29) is 17.4 Å². The highest BCUT2D eigenvalue weighted by Gasteiger charge is 2.24. The number of nitrogens with one attached hydrogen (secondary N) is 1. The Balaban J connectivity index is 2.51. The van der Waals surface area contributed by atoms with Crippen LogP contribution in [0, 0.1) is 0 Å². The minimum Gasteiger partial charge on any atom is -0.469 e. The van der Waals surface area contributed by atoms with Gasteiger partial charge in [0, 0.05) is 5.69 Å². The summed E-state index contributed by atoms with van der Waals surface area (Å²) in [6.45, 7) is 9.97. The van der Waals surface area contributed by atoms with Crippen molar-refractivity contribution in [1.29, 1.82) is 0 Å². The molecule has 0 bridgehead atoms. The molecule has 3 heteroatoms. The highest BCUT2D eigenvalue weighted by Crippen LogP contribution is 2.34. The van der Waals surface area contributed by atoms with Crippen molar-refractivity contribution < 1.29 is 9.53 Å². The predicted octanol–water partition coefficient (Wildman–Crippen LogP) is 3.91. The van der Waals surface area contributed by atoms with Gasteiger partial charge < -0.3 is 10.1 Å². The quantitative estimate of drug-likeness (QED) is 0.673. The zero-order valence-corrected chi connectivity index (χ0v) is 13.2. The summed E-state index contributed by atoms with van der Waals surface area (Å²) < 4.78 is 4.85. The van der Waals surface area contributed by atoms with Gasteiger partial charge in [0.1, 0.15) is 0 Å². The smallest absolute Gasteiger partial charge is 0.312 e. The predicted molar refractivity (Wildman–Crippen MR) is 87.5 cm³/mol. The summed E-state index contributed by atoms with van der Waals surface area (Å²) in [4.78, 5) is 11.8. The van der Waals surface area contributed by atoms with E-state index < -0.39 is 0 Å². The van der Waals surface area contributed by atoms with E-state index in [4.69, 9.17) is 4.74 Å². The third kappa shape index (κ3) is 3.18. The van der Waals surface area contributed by atoms with Gasteiger partial charge in [0.15, 0.2) is 0 Å². The standard InChI is InChI=1S/C18H23NO2/c1-6-7-13-10-15(12(2)17(20)21-5)11-14-8-9-18(3,4)19-16(13)14/h6,8-12,19H,1,7H2,2-5H3. The van der Waals surface area contributed by atoms with Crippen LogP contribution in [0.5, 0.6) is 0 Å². The van der Waals surface area contributed by atoms with Gasteiger partial charge in [-0.05, 0) is 49.9 Å². The lowest BCUT2D eigenvalue weighted by atomic mass is 9.89. The van der Waals surface area contributed by atoms with Crippen LogP contribution in [0.3, 0.4) is 0 Å². The van der Waals surface area contributed by atoms with Gasteiger partial charge in [0.05, 0.1) is 18.6 Å². The minimum absolute atomic E-state index is 0.0710. The molecule has 112 valence electrons. The van der Waals surface area contributed by atoms with Crippen LogP contribution in [0.15, 0.2) is 30.9 Å². The van der Waals surface area contributed by atoms with Crippen LogP contribution in [0.2, 0.25) is 0 Å². The molecule has 0 amide bonds. The van der Waals surface area contributed by atoms with Gasteiger partial charge in [0.25, 0.3) is 0 Å². The molecule has 0 spiro atoms. The Morgan fingerprint density at radius 1 is 1.48 bits per heavy atom. The largest absolute Gasteiger partial charge is 0.469 e. The molecule has 0 aromatic heterocycles. The van der Waals surface area contributed by atoms with Crippen LogP contribution in [0.4, 0.5) is 5.69 Å². The molecule has 3 nitrogen and oxygen atoms in total. The molecule has 1 unspecified atom stereocenters. The Labute approximate surface area is 126 Å². The number of rotatable bonds is 4. The van der Waals surface area contributed by atoms with Gasteiger partial charge in [0.2, 0.25) is 0 Å². The fraction of sp³-hybridized carbons (Fsp3) is 0.389. The van der Waals surface area contributed by atoms with Gasteiger partial charge in [-0.2, -0.15) is 0 Å². The second-order valence-electron chi connectivity index (χ2n) is 6.06. The molecule has 1 aliphatic rings. The average molecular weight is 285 g/mol. The Morgan fingerprint density at radius 2 is 2.19 bits per heavy atom. The average Bonchev–Trinajstić information content (AvgIpc) is 2.45. The SMILES string of the molecule is C=CCc1cc(C(C)C(=O)OC)cc2c1NC(C)(C)C=C2. The van der Waals surface area contributed by atoms with Gasteiger partial charge in [-0.1, -0.05) is 24.3 Å². The van der Waals surface area contributed by atoms with Crippen LogP contribution in [0.1, 0.15) is 43.4 Å². The summed E-state index contributed by atoms with van der Waals surface area (Å²) in [7, 11) is 1.42. The van der Waals surface area contributed by atoms with Crippen molar-refractivity contribution >= 4 is 17.7 Å². The summed E-state index contributed by atoms with van der Waals surface area (Å²) in [6, 6.07) is 4.13. The number of hydrogen-bond donors (Lipinski definition) is 1. The molecule has 0 saturated carbocycles. The summed E-state index contributed by atoms with van der Waals surface area (Å²) in [5, 5.41) is 3.55. The van der Waals surface area contributed by atoms with Gasteiger partial charge in [-0.15, -0.1) is 6.58 Å². The molecule has 0 fully saturated rings. The first-order valence-corrected chi connectivity index (χ1v) is 7.21. The summed E-state index contributed by atoms with van der Waals surface area (Å²) in [6.07, 6.45) is 6.90. The number of hydrogen-bond acceptors (Lipinski definition) is 3. The number of fused-ring (bicyclic) bond motifs is 1. The van der Waals surface area contributed by atoms with E-state index in [0.717, 1.165) is 28.8 Å². The summed E-state index contributed by atoms with van der Waals surface area (Å²) in [5.74, 6) is -0.486. The third-order valence-electron chi connectivity index (χ3n) is 3.82. The molecule has 0 radical (unpaired) electrons. The van der Waals surface area contributed by atoms with E-state index in [1.165, 1.54) is 7.11 Å². The normalized spacial score (nSPS) is 16.6. The zero-order chi connectivity index (χ0) is 15.6. The van der Waals surface area contributed by atoms with Crippen LogP contribution < -0.4 is 5.32 Å². The number of ether oxygens (including phenoxy) is 1. The van der Waals surface area contributed by atoms with Crippen molar-refractivity contribution in [2.45, 2.75) is 38.6 Å². The molecule has 1 aromatic rings. The van der Waals surface area contributed by atoms with Crippen LogP contribution in [-0.2, 0) is 16.0 Å². The van der Waals surface area contributed by atoms with Gasteiger partial charge in [-0.3, -0.25) is 4.79 Å². The number of carbonyl (C=O) groups excluding carboxylic acids is 1. The number of anilines is 1. The number of benzene rings is 1. The highest BCUT2D eigenvalue weighted by molar-refractivity contribution is 5.81. The molecule has 21 heavy (non-hydrogen) atoms.